The predicted molar refractivity (Wildman–Crippen MR) is 220 cm³/mol. The van der Waals surface area contributed by atoms with Crippen LogP contribution in [0.4, 0.5) is 17.1 Å². The first-order valence-corrected chi connectivity index (χ1v) is 17.9. The van der Waals surface area contributed by atoms with E-state index in [1.54, 1.807) is 6.08 Å². The fourth-order valence-electron chi connectivity index (χ4n) is 7.49. The van der Waals surface area contributed by atoms with Gasteiger partial charge in [-0.15, -0.1) is 0 Å². The number of Topliss-reactive ketones (excluding diaryl/α,β-unsaturated/α-hetero) is 2. The molecule has 0 fully saturated rings. The normalized spacial score (nSPS) is 12.4. The van der Waals surface area contributed by atoms with Crippen molar-refractivity contribution in [3.05, 3.63) is 203 Å². The first-order chi connectivity index (χ1) is 25.9. The van der Waals surface area contributed by atoms with Crippen molar-refractivity contribution in [2.75, 3.05) is 4.90 Å². The topological polar surface area (TPSA) is 37.4 Å². The number of carbonyl (C=O) groups is 2. The number of allylic oxidation sites excluding steroid dienone is 1. The lowest BCUT2D eigenvalue weighted by Crippen LogP contribution is -2.09. The molecule has 0 heterocycles. The fraction of sp³-hybridized carbons (Fsp3) is 0.0400. The number of hydrogen-bond donors (Lipinski definition) is 0. The van der Waals surface area contributed by atoms with Crippen LogP contribution >= 0.6 is 0 Å². The summed E-state index contributed by atoms with van der Waals surface area (Å²) in [7, 11) is 0. The lowest BCUT2D eigenvalue weighted by atomic mass is 10.0. The van der Waals surface area contributed by atoms with Crippen LogP contribution in [0.2, 0.25) is 0 Å². The number of carbonyl (C=O) groups excluding carboxylic acids is 2. The maximum Gasteiger partial charge on any atom is 0.197 e. The second-order valence-corrected chi connectivity index (χ2v) is 13.9. The second-order valence-electron chi connectivity index (χ2n) is 13.9. The van der Waals surface area contributed by atoms with Crippen molar-refractivity contribution in [1.82, 2.24) is 0 Å². The van der Waals surface area contributed by atoms with Crippen molar-refractivity contribution in [3.8, 4) is 22.3 Å². The molecule has 252 valence electrons. The molecular formula is C50H35NO2. The lowest BCUT2D eigenvalue weighted by Gasteiger charge is -2.26. The summed E-state index contributed by atoms with van der Waals surface area (Å²) in [5, 5.41) is 3.98. The van der Waals surface area contributed by atoms with Gasteiger partial charge in [-0.1, -0.05) is 126 Å². The molecule has 0 amide bonds. The lowest BCUT2D eigenvalue weighted by molar-refractivity contribution is 0.0990. The molecule has 0 bridgehead atoms. The summed E-state index contributed by atoms with van der Waals surface area (Å²) in [6.45, 7) is 4.24. The molecule has 1 aliphatic carbocycles. The Labute approximate surface area is 309 Å². The average molecular weight is 682 g/mol. The molecule has 0 aliphatic heterocycles. The van der Waals surface area contributed by atoms with E-state index in [1.165, 1.54) is 33.4 Å². The molecule has 0 N–H and O–H groups in total. The van der Waals surface area contributed by atoms with Crippen LogP contribution in [-0.4, -0.2) is 11.6 Å². The zero-order chi connectivity index (χ0) is 36.1. The first kappa shape index (κ1) is 32.1. The second kappa shape index (κ2) is 13.0. The summed E-state index contributed by atoms with van der Waals surface area (Å²) in [6.07, 6.45) is 1.74. The Bertz CT molecular complexity index is 2630. The van der Waals surface area contributed by atoms with Crippen molar-refractivity contribution < 1.29 is 9.59 Å². The van der Waals surface area contributed by atoms with Crippen LogP contribution in [0.1, 0.15) is 37.4 Å². The number of aryl methyl sites for hydroxylation is 2. The maximum atomic E-state index is 13.4. The van der Waals surface area contributed by atoms with Gasteiger partial charge in [-0.25, -0.2) is 0 Å². The number of rotatable bonds is 6. The molecule has 0 spiro atoms. The smallest absolute Gasteiger partial charge is 0.197 e. The molecule has 0 unspecified atom stereocenters. The van der Waals surface area contributed by atoms with Crippen LogP contribution in [0.3, 0.4) is 0 Å². The van der Waals surface area contributed by atoms with Crippen molar-refractivity contribution >= 4 is 56.2 Å². The summed E-state index contributed by atoms with van der Waals surface area (Å²) < 4.78 is 0. The number of nitrogens with zero attached hydrogens (tertiary/aromatic N) is 1. The molecule has 0 atom stereocenters. The molecule has 8 aromatic rings. The summed E-state index contributed by atoms with van der Waals surface area (Å²) in [5.41, 5.74) is 12.3. The third kappa shape index (κ3) is 6.03. The molecule has 0 saturated carbocycles. The SMILES string of the molecule is Cc1cccc(-c2ccc(N(c3ccc(-c4cccc(C)c4)cc3)c3ccc4cc(C=C5C(=O)c6cc7ccccc7cc6C5=O)ccc4c3)cc2)c1. The predicted octanol–water partition coefficient (Wildman–Crippen LogP) is 12.9. The van der Waals surface area contributed by atoms with Crippen LogP contribution in [0.15, 0.2) is 175 Å². The Kier molecular flexibility index (Phi) is 7.90. The number of hydrogen-bond acceptors (Lipinski definition) is 3. The fourth-order valence-corrected chi connectivity index (χ4v) is 7.49. The van der Waals surface area contributed by atoms with Crippen molar-refractivity contribution in [2.24, 2.45) is 0 Å². The summed E-state index contributed by atoms with van der Waals surface area (Å²) in [4.78, 5) is 29.2. The molecule has 8 aromatic carbocycles. The Hall–Kier alpha value is -6.84. The maximum absolute atomic E-state index is 13.4. The van der Waals surface area contributed by atoms with Crippen LogP contribution in [0.25, 0.3) is 49.9 Å². The largest absolute Gasteiger partial charge is 0.310 e. The van der Waals surface area contributed by atoms with E-state index in [1.807, 2.05) is 48.5 Å². The van der Waals surface area contributed by atoms with Crippen molar-refractivity contribution in [1.29, 1.82) is 0 Å². The molecule has 1 aliphatic rings. The summed E-state index contributed by atoms with van der Waals surface area (Å²) in [5.74, 6) is -0.438. The Morgan fingerprint density at radius 3 is 1.40 bits per heavy atom. The van der Waals surface area contributed by atoms with Gasteiger partial charge in [0.2, 0.25) is 0 Å². The number of benzene rings is 8. The van der Waals surface area contributed by atoms with E-state index in [0.29, 0.717) is 11.1 Å². The minimum atomic E-state index is -0.219. The van der Waals surface area contributed by atoms with Crippen LogP contribution < -0.4 is 4.90 Å². The highest BCUT2D eigenvalue weighted by Gasteiger charge is 2.33. The van der Waals surface area contributed by atoms with E-state index in [2.05, 4.69) is 140 Å². The molecule has 53 heavy (non-hydrogen) atoms. The van der Waals surface area contributed by atoms with E-state index >= 15 is 0 Å². The molecule has 0 aromatic heterocycles. The molecular weight excluding hydrogens is 647 g/mol. The van der Waals surface area contributed by atoms with E-state index in [0.717, 1.165) is 44.2 Å². The minimum Gasteiger partial charge on any atom is -0.310 e. The highest BCUT2D eigenvalue weighted by molar-refractivity contribution is 6.42. The first-order valence-electron chi connectivity index (χ1n) is 17.9. The number of anilines is 3. The third-order valence-corrected chi connectivity index (χ3v) is 10.2. The highest BCUT2D eigenvalue weighted by atomic mass is 16.2. The van der Waals surface area contributed by atoms with Gasteiger partial charge in [-0.05, 0) is 124 Å². The number of ketones is 2. The number of fused-ring (bicyclic) bond motifs is 3. The summed E-state index contributed by atoms with van der Waals surface area (Å²) in [6, 6.07) is 58.7. The van der Waals surface area contributed by atoms with E-state index < -0.39 is 0 Å². The Morgan fingerprint density at radius 1 is 0.396 bits per heavy atom. The van der Waals surface area contributed by atoms with Gasteiger partial charge >= 0.3 is 0 Å². The van der Waals surface area contributed by atoms with Crippen LogP contribution in [-0.2, 0) is 0 Å². The molecule has 3 heteroatoms. The molecule has 3 nitrogen and oxygen atoms in total. The van der Waals surface area contributed by atoms with Gasteiger partial charge in [0.25, 0.3) is 0 Å². The summed E-state index contributed by atoms with van der Waals surface area (Å²) >= 11 is 0. The van der Waals surface area contributed by atoms with Crippen LogP contribution in [0.5, 0.6) is 0 Å². The molecule has 0 radical (unpaired) electrons. The van der Waals surface area contributed by atoms with E-state index in [4.69, 9.17) is 0 Å². The van der Waals surface area contributed by atoms with Gasteiger partial charge in [0.05, 0.1) is 5.57 Å². The van der Waals surface area contributed by atoms with Gasteiger partial charge in [-0.3, -0.25) is 9.59 Å². The van der Waals surface area contributed by atoms with E-state index in [9.17, 15) is 9.59 Å². The highest BCUT2D eigenvalue weighted by Crippen LogP contribution is 2.39. The van der Waals surface area contributed by atoms with Gasteiger partial charge in [0.15, 0.2) is 11.6 Å². The van der Waals surface area contributed by atoms with Gasteiger partial charge in [0, 0.05) is 28.2 Å². The van der Waals surface area contributed by atoms with Gasteiger partial charge in [-0.2, -0.15) is 0 Å². The average Bonchev–Trinajstić information content (AvgIpc) is 3.41. The van der Waals surface area contributed by atoms with E-state index in [-0.39, 0.29) is 17.1 Å². The standard InChI is InChI=1S/C50H35NO2/c1-32-7-5-11-37(25-32)35-15-20-43(21-16-35)51(44-22-17-36(18-23-44)38-12-6-8-33(2)26-38)45-24-19-41-27-34(13-14-42(41)29-45)28-48-49(52)46-30-39-9-3-4-10-40(39)31-47(46)50(48)53/h3-31H,1-2H3. The third-order valence-electron chi connectivity index (χ3n) is 10.2. The minimum absolute atomic E-state index is 0.209. The van der Waals surface area contributed by atoms with Gasteiger partial charge in [0.1, 0.15) is 0 Å². The van der Waals surface area contributed by atoms with Crippen LogP contribution in [0, 0.1) is 13.8 Å². The zero-order valence-electron chi connectivity index (χ0n) is 29.5. The molecule has 0 saturated heterocycles. The van der Waals surface area contributed by atoms with Gasteiger partial charge < -0.3 is 4.90 Å². The quantitative estimate of drug-likeness (QED) is 0.129. The van der Waals surface area contributed by atoms with Crippen molar-refractivity contribution in [3.63, 3.8) is 0 Å². The van der Waals surface area contributed by atoms with Crippen molar-refractivity contribution in [2.45, 2.75) is 13.8 Å². The Morgan fingerprint density at radius 2 is 0.868 bits per heavy atom. The monoisotopic (exact) mass is 681 g/mol. The molecule has 9 rings (SSSR count). The Balaban J connectivity index is 1.07. The zero-order valence-corrected chi connectivity index (χ0v) is 29.5.